The average Bonchev–Trinajstić information content (AvgIpc) is 2.20. The SMILES string of the molecule is CO[C@@]1(C)[C@@H](O)[C@H](O)[C@@H](CO)OC1(C)O. The van der Waals surface area contributed by atoms with Gasteiger partial charge in [0.25, 0.3) is 0 Å². The first kappa shape index (κ1) is 12.8. The predicted octanol–water partition coefficient (Wildman–Crippen LogP) is -1.79. The molecule has 0 aromatic rings. The third-order valence-electron chi connectivity index (χ3n) is 3.17. The lowest BCUT2D eigenvalue weighted by Gasteiger charge is -2.51. The summed E-state index contributed by atoms with van der Waals surface area (Å²) in [5, 5.41) is 38.3. The van der Waals surface area contributed by atoms with Crippen LogP contribution in [0.2, 0.25) is 0 Å². The molecule has 0 amide bonds. The van der Waals surface area contributed by atoms with E-state index in [2.05, 4.69) is 0 Å². The highest BCUT2D eigenvalue weighted by Gasteiger charge is 2.59. The van der Waals surface area contributed by atoms with E-state index in [0.29, 0.717) is 0 Å². The number of methoxy groups -OCH3 is 1. The second-order valence-corrected chi connectivity index (χ2v) is 4.07. The Morgan fingerprint density at radius 1 is 1.33 bits per heavy atom. The molecule has 1 saturated heterocycles. The minimum absolute atomic E-state index is 0.492. The Kier molecular flexibility index (Phi) is 3.39. The first-order valence-electron chi connectivity index (χ1n) is 4.72. The van der Waals surface area contributed by atoms with Gasteiger partial charge in [-0.2, -0.15) is 0 Å². The molecule has 0 aromatic heterocycles. The molecular weight excluding hydrogens is 204 g/mol. The van der Waals surface area contributed by atoms with Crippen molar-refractivity contribution in [2.24, 2.45) is 0 Å². The van der Waals surface area contributed by atoms with Crippen molar-refractivity contribution in [3.8, 4) is 0 Å². The Hall–Kier alpha value is -0.240. The third-order valence-corrected chi connectivity index (χ3v) is 3.17. The minimum atomic E-state index is -1.78. The van der Waals surface area contributed by atoms with Crippen LogP contribution in [0.25, 0.3) is 0 Å². The van der Waals surface area contributed by atoms with Gasteiger partial charge < -0.3 is 29.9 Å². The molecule has 6 heteroatoms. The van der Waals surface area contributed by atoms with Crippen LogP contribution in [-0.2, 0) is 9.47 Å². The Bertz CT molecular complexity index is 231. The quantitative estimate of drug-likeness (QED) is 0.440. The summed E-state index contributed by atoms with van der Waals surface area (Å²) in [5.74, 6) is -1.78. The summed E-state index contributed by atoms with van der Waals surface area (Å²) in [5.41, 5.74) is -1.45. The third kappa shape index (κ3) is 1.77. The zero-order valence-corrected chi connectivity index (χ0v) is 9.04. The van der Waals surface area contributed by atoms with Crippen molar-refractivity contribution in [2.45, 2.75) is 43.5 Å². The van der Waals surface area contributed by atoms with E-state index >= 15 is 0 Å². The number of aliphatic hydroxyl groups excluding tert-OH is 3. The van der Waals surface area contributed by atoms with Crippen LogP contribution in [0.4, 0.5) is 0 Å². The van der Waals surface area contributed by atoms with Gasteiger partial charge in [0, 0.05) is 7.11 Å². The average molecular weight is 222 g/mol. The van der Waals surface area contributed by atoms with Crippen LogP contribution in [0.3, 0.4) is 0 Å². The highest BCUT2D eigenvalue weighted by molar-refractivity contribution is 5.04. The second kappa shape index (κ2) is 3.97. The molecular formula is C9H18O6. The van der Waals surface area contributed by atoms with Gasteiger partial charge in [0.15, 0.2) is 5.79 Å². The zero-order chi connectivity index (χ0) is 11.9. The summed E-state index contributed by atoms with van der Waals surface area (Å²) >= 11 is 0. The first-order chi connectivity index (χ1) is 6.80. The maximum Gasteiger partial charge on any atom is 0.195 e. The molecule has 15 heavy (non-hydrogen) atoms. The molecule has 1 heterocycles. The fourth-order valence-corrected chi connectivity index (χ4v) is 1.74. The molecule has 0 aliphatic carbocycles. The van der Waals surface area contributed by atoms with Crippen LogP contribution in [-0.4, -0.2) is 63.8 Å². The molecule has 0 bridgehead atoms. The topological polar surface area (TPSA) is 99.4 Å². The van der Waals surface area contributed by atoms with Crippen molar-refractivity contribution in [1.82, 2.24) is 0 Å². The van der Waals surface area contributed by atoms with Gasteiger partial charge in [0.1, 0.15) is 23.9 Å². The molecule has 1 unspecified atom stereocenters. The highest BCUT2D eigenvalue weighted by atomic mass is 16.7. The standard InChI is InChI=1S/C9H18O6/c1-8(14-3)7(12)6(11)5(4-10)15-9(8,2)13/h5-7,10-13H,4H2,1-3H3/t5-,6-,7+,8+,9?/m1/s1. The lowest BCUT2D eigenvalue weighted by Crippen LogP contribution is -2.71. The molecule has 0 radical (unpaired) electrons. The predicted molar refractivity (Wildman–Crippen MR) is 50.0 cm³/mol. The van der Waals surface area contributed by atoms with Crippen molar-refractivity contribution >= 4 is 0 Å². The van der Waals surface area contributed by atoms with Gasteiger partial charge in [-0.3, -0.25) is 0 Å². The summed E-state index contributed by atoms with van der Waals surface area (Å²) in [4.78, 5) is 0. The molecule has 4 N–H and O–H groups in total. The smallest absolute Gasteiger partial charge is 0.195 e. The number of aliphatic hydroxyl groups is 4. The molecule has 5 atom stereocenters. The zero-order valence-electron chi connectivity index (χ0n) is 9.04. The molecule has 1 rings (SSSR count). The van der Waals surface area contributed by atoms with E-state index in [0.717, 1.165) is 0 Å². The largest absolute Gasteiger partial charge is 0.394 e. The fourth-order valence-electron chi connectivity index (χ4n) is 1.74. The minimum Gasteiger partial charge on any atom is -0.394 e. The maximum atomic E-state index is 9.95. The van der Waals surface area contributed by atoms with Crippen LogP contribution >= 0.6 is 0 Å². The van der Waals surface area contributed by atoms with Crippen LogP contribution in [0.5, 0.6) is 0 Å². The summed E-state index contributed by atoms with van der Waals surface area (Å²) in [6.07, 6.45) is -3.68. The molecule has 6 nitrogen and oxygen atoms in total. The van der Waals surface area contributed by atoms with Crippen molar-refractivity contribution in [1.29, 1.82) is 0 Å². The van der Waals surface area contributed by atoms with Crippen molar-refractivity contribution in [3.63, 3.8) is 0 Å². The van der Waals surface area contributed by atoms with Gasteiger partial charge in [-0.1, -0.05) is 0 Å². The molecule has 0 saturated carbocycles. The Morgan fingerprint density at radius 3 is 2.27 bits per heavy atom. The summed E-state index contributed by atoms with van der Waals surface area (Å²) in [6, 6.07) is 0. The first-order valence-corrected chi connectivity index (χ1v) is 4.72. The van der Waals surface area contributed by atoms with Gasteiger partial charge in [-0.25, -0.2) is 0 Å². The van der Waals surface area contributed by atoms with Crippen LogP contribution in [0.15, 0.2) is 0 Å². The Labute approximate surface area is 88.1 Å². The second-order valence-electron chi connectivity index (χ2n) is 4.07. The molecule has 90 valence electrons. The van der Waals surface area contributed by atoms with E-state index in [1.54, 1.807) is 0 Å². The summed E-state index contributed by atoms with van der Waals surface area (Å²) in [6.45, 7) is 2.25. The lowest BCUT2D eigenvalue weighted by molar-refractivity contribution is -0.381. The molecule has 1 fully saturated rings. The molecule has 1 aliphatic heterocycles. The van der Waals surface area contributed by atoms with Crippen LogP contribution < -0.4 is 0 Å². The van der Waals surface area contributed by atoms with Gasteiger partial charge in [-0.15, -0.1) is 0 Å². The van der Waals surface area contributed by atoms with Gasteiger partial charge >= 0.3 is 0 Å². The van der Waals surface area contributed by atoms with E-state index in [9.17, 15) is 15.3 Å². The number of ether oxygens (including phenoxy) is 2. The van der Waals surface area contributed by atoms with E-state index in [-0.39, 0.29) is 0 Å². The van der Waals surface area contributed by atoms with E-state index in [1.165, 1.54) is 21.0 Å². The number of rotatable bonds is 2. The van der Waals surface area contributed by atoms with Crippen LogP contribution in [0.1, 0.15) is 13.8 Å². The Morgan fingerprint density at radius 2 is 1.87 bits per heavy atom. The monoisotopic (exact) mass is 222 g/mol. The normalized spacial score (nSPS) is 51.8. The van der Waals surface area contributed by atoms with Crippen LogP contribution in [0, 0.1) is 0 Å². The highest BCUT2D eigenvalue weighted by Crippen LogP contribution is 2.38. The van der Waals surface area contributed by atoms with Crippen molar-refractivity contribution < 1.29 is 29.9 Å². The molecule has 0 spiro atoms. The van der Waals surface area contributed by atoms with E-state index < -0.39 is 36.3 Å². The van der Waals surface area contributed by atoms with Gasteiger partial charge in [0.05, 0.1) is 6.61 Å². The fraction of sp³-hybridized carbons (Fsp3) is 1.00. The van der Waals surface area contributed by atoms with Gasteiger partial charge in [-0.05, 0) is 13.8 Å². The summed E-state index contributed by atoms with van der Waals surface area (Å²) < 4.78 is 10.1. The van der Waals surface area contributed by atoms with Crippen molar-refractivity contribution in [3.05, 3.63) is 0 Å². The van der Waals surface area contributed by atoms with Crippen molar-refractivity contribution in [2.75, 3.05) is 13.7 Å². The Balaban J connectivity index is 3.01. The van der Waals surface area contributed by atoms with E-state index in [1.807, 2.05) is 0 Å². The maximum absolute atomic E-state index is 9.95. The van der Waals surface area contributed by atoms with E-state index in [4.69, 9.17) is 14.6 Å². The number of hydrogen-bond donors (Lipinski definition) is 4. The lowest BCUT2D eigenvalue weighted by atomic mass is 9.82. The van der Waals surface area contributed by atoms with Gasteiger partial charge in [0.2, 0.25) is 0 Å². The number of hydrogen-bond acceptors (Lipinski definition) is 6. The molecule has 1 aliphatic rings. The molecule has 0 aromatic carbocycles. The summed E-state index contributed by atoms with van der Waals surface area (Å²) in [7, 11) is 1.30.